The summed E-state index contributed by atoms with van der Waals surface area (Å²) in [6.07, 6.45) is 1.23. The highest BCUT2D eigenvalue weighted by molar-refractivity contribution is 6.30. The van der Waals surface area contributed by atoms with Crippen LogP contribution in [0.2, 0.25) is 5.02 Å². The van der Waals surface area contributed by atoms with E-state index in [4.69, 9.17) is 26.8 Å². The van der Waals surface area contributed by atoms with Gasteiger partial charge in [-0.15, -0.1) is 0 Å². The normalized spacial score (nSPS) is 25.0. The summed E-state index contributed by atoms with van der Waals surface area (Å²) < 4.78 is 10.9. The molecule has 1 aliphatic heterocycles. The van der Waals surface area contributed by atoms with Crippen LogP contribution in [0.5, 0.6) is 0 Å². The number of likely N-dealkylation sites (tertiary alicyclic amines) is 1. The molecule has 0 bridgehead atoms. The highest BCUT2D eigenvalue weighted by Crippen LogP contribution is 2.20. The van der Waals surface area contributed by atoms with Crippen molar-refractivity contribution in [3.8, 4) is 0 Å². The maximum absolute atomic E-state index is 6.23. The van der Waals surface area contributed by atoms with E-state index in [1.165, 1.54) is 0 Å². The lowest BCUT2D eigenvalue weighted by Gasteiger charge is -2.18. The van der Waals surface area contributed by atoms with Crippen LogP contribution in [-0.2, 0) is 9.47 Å². The predicted molar refractivity (Wildman–Crippen MR) is 81.0 cm³/mol. The second kappa shape index (κ2) is 7.38. The standard InChI is InChI=1S/C15H23ClN2O2/c1-19-14-9-18(10-15(14)20-2)8-7-13(17)11-3-5-12(16)6-4-11/h3-6,13-15H,7-10,17H2,1-2H3. The monoisotopic (exact) mass is 298 g/mol. The third-order valence-electron chi connectivity index (χ3n) is 3.95. The number of benzene rings is 1. The zero-order valence-electron chi connectivity index (χ0n) is 12.1. The average molecular weight is 299 g/mol. The Hall–Kier alpha value is -0.650. The molecule has 4 nitrogen and oxygen atoms in total. The molecule has 1 aromatic rings. The molecule has 112 valence electrons. The summed E-state index contributed by atoms with van der Waals surface area (Å²) in [5.74, 6) is 0. The third-order valence-corrected chi connectivity index (χ3v) is 4.20. The number of methoxy groups -OCH3 is 2. The maximum atomic E-state index is 6.23. The Morgan fingerprint density at radius 3 is 2.25 bits per heavy atom. The molecule has 0 amide bonds. The maximum Gasteiger partial charge on any atom is 0.0971 e. The summed E-state index contributed by atoms with van der Waals surface area (Å²) in [6.45, 7) is 2.76. The van der Waals surface area contributed by atoms with Crippen molar-refractivity contribution in [2.75, 3.05) is 33.9 Å². The highest BCUT2D eigenvalue weighted by atomic mass is 35.5. The van der Waals surface area contributed by atoms with Crippen molar-refractivity contribution in [3.05, 3.63) is 34.9 Å². The summed E-state index contributed by atoms with van der Waals surface area (Å²) in [5, 5.41) is 0.742. The van der Waals surface area contributed by atoms with Gasteiger partial charge in [0.2, 0.25) is 0 Å². The zero-order chi connectivity index (χ0) is 14.5. The van der Waals surface area contributed by atoms with E-state index >= 15 is 0 Å². The lowest BCUT2D eigenvalue weighted by Crippen LogP contribution is -2.27. The van der Waals surface area contributed by atoms with Crippen LogP contribution in [-0.4, -0.2) is 51.0 Å². The molecule has 3 atom stereocenters. The molecule has 0 saturated carbocycles. The van der Waals surface area contributed by atoms with E-state index in [9.17, 15) is 0 Å². The van der Waals surface area contributed by atoms with E-state index in [-0.39, 0.29) is 18.2 Å². The Morgan fingerprint density at radius 1 is 1.20 bits per heavy atom. The van der Waals surface area contributed by atoms with Crippen LogP contribution in [0.25, 0.3) is 0 Å². The first-order chi connectivity index (χ1) is 9.63. The summed E-state index contributed by atoms with van der Waals surface area (Å²) in [6, 6.07) is 7.79. The van der Waals surface area contributed by atoms with E-state index < -0.39 is 0 Å². The molecule has 2 rings (SSSR count). The van der Waals surface area contributed by atoms with Crippen LogP contribution in [0.15, 0.2) is 24.3 Å². The summed E-state index contributed by atoms with van der Waals surface area (Å²) in [4.78, 5) is 2.35. The second-order valence-corrected chi connectivity index (χ2v) is 5.69. The van der Waals surface area contributed by atoms with Crippen molar-refractivity contribution in [3.63, 3.8) is 0 Å². The second-order valence-electron chi connectivity index (χ2n) is 5.25. The fourth-order valence-corrected chi connectivity index (χ4v) is 2.78. The molecule has 0 aromatic heterocycles. The molecular formula is C15H23ClN2O2. The van der Waals surface area contributed by atoms with Gasteiger partial charge in [0.15, 0.2) is 0 Å². The predicted octanol–water partition coefficient (Wildman–Crippen LogP) is 2.08. The SMILES string of the molecule is COC1CN(CCC(N)c2ccc(Cl)cc2)CC1OC. The van der Waals surface area contributed by atoms with Gasteiger partial charge < -0.3 is 15.2 Å². The molecule has 1 fully saturated rings. The van der Waals surface area contributed by atoms with Gasteiger partial charge in [0.05, 0.1) is 12.2 Å². The smallest absolute Gasteiger partial charge is 0.0971 e. The number of hydrogen-bond acceptors (Lipinski definition) is 4. The van der Waals surface area contributed by atoms with Crippen molar-refractivity contribution >= 4 is 11.6 Å². The molecule has 20 heavy (non-hydrogen) atoms. The molecule has 1 saturated heterocycles. The summed E-state index contributed by atoms with van der Waals surface area (Å²) >= 11 is 5.88. The average Bonchev–Trinajstić information content (AvgIpc) is 2.88. The first-order valence-corrected chi connectivity index (χ1v) is 7.30. The van der Waals surface area contributed by atoms with E-state index in [1.54, 1.807) is 14.2 Å². The van der Waals surface area contributed by atoms with Gasteiger partial charge >= 0.3 is 0 Å². The first kappa shape index (κ1) is 15.7. The number of nitrogens with two attached hydrogens (primary N) is 1. The quantitative estimate of drug-likeness (QED) is 0.873. The minimum Gasteiger partial charge on any atom is -0.377 e. The first-order valence-electron chi connectivity index (χ1n) is 6.93. The van der Waals surface area contributed by atoms with Crippen LogP contribution in [0.4, 0.5) is 0 Å². The Bertz CT molecular complexity index is 401. The van der Waals surface area contributed by atoms with E-state index in [0.29, 0.717) is 0 Å². The minimum atomic E-state index is 0.0369. The van der Waals surface area contributed by atoms with Crippen LogP contribution in [0.1, 0.15) is 18.0 Å². The molecule has 3 unspecified atom stereocenters. The minimum absolute atomic E-state index is 0.0369. The Labute approximate surface area is 125 Å². The van der Waals surface area contributed by atoms with Crippen molar-refractivity contribution < 1.29 is 9.47 Å². The fraction of sp³-hybridized carbons (Fsp3) is 0.600. The van der Waals surface area contributed by atoms with Gasteiger partial charge in [-0.25, -0.2) is 0 Å². The van der Waals surface area contributed by atoms with Gasteiger partial charge in [-0.2, -0.15) is 0 Å². The van der Waals surface area contributed by atoms with E-state index in [1.807, 2.05) is 24.3 Å². The van der Waals surface area contributed by atoms with Gasteiger partial charge in [-0.1, -0.05) is 23.7 Å². The van der Waals surface area contributed by atoms with Crippen molar-refractivity contribution in [1.82, 2.24) is 4.90 Å². The molecular weight excluding hydrogens is 276 g/mol. The third kappa shape index (κ3) is 3.93. The van der Waals surface area contributed by atoms with Crippen LogP contribution >= 0.6 is 11.6 Å². The Kier molecular flexibility index (Phi) is 5.81. The van der Waals surface area contributed by atoms with Gasteiger partial charge in [-0.05, 0) is 24.1 Å². The largest absolute Gasteiger partial charge is 0.377 e. The highest BCUT2D eigenvalue weighted by Gasteiger charge is 2.32. The number of halogens is 1. The molecule has 0 aliphatic carbocycles. The number of ether oxygens (including phenoxy) is 2. The molecule has 2 N–H and O–H groups in total. The van der Waals surface area contributed by atoms with E-state index in [2.05, 4.69) is 4.90 Å². The number of hydrogen-bond donors (Lipinski definition) is 1. The zero-order valence-corrected chi connectivity index (χ0v) is 12.8. The topological polar surface area (TPSA) is 47.7 Å². The van der Waals surface area contributed by atoms with E-state index in [0.717, 1.165) is 36.6 Å². The number of rotatable bonds is 6. The molecule has 1 heterocycles. The Morgan fingerprint density at radius 2 is 1.75 bits per heavy atom. The van der Waals surface area contributed by atoms with Crippen molar-refractivity contribution in [2.45, 2.75) is 24.7 Å². The molecule has 0 radical (unpaired) electrons. The van der Waals surface area contributed by atoms with Crippen LogP contribution in [0.3, 0.4) is 0 Å². The summed E-state index contributed by atoms with van der Waals surface area (Å²) in [7, 11) is 3.47. The summed E-state index contributed by atoms with van der Waals surface area (Å²) in [5.41, 5.74) is 7.35. The van der Waals surface area contributed by atoms with Crippen LogP contribution in [0, 0.1) is 0 Å². The van der Waals surface area contributed by atoms with Crippen molar-refractivity contribution in [1.29, 1.82) is 0 Å². The molecule has 1 aromatic carbocycles. The van der Waals surface area contributed by atoms with Crippen molar-refractivity contribution in [2.24, 2.45) is 5.73 Å². The molecule has 0 spiro atoms. The molecule has 1 aliphatic rings. The molecule has 5 heteroatoms. The van der Waals surface area contributed by atoms with Gasteiger partial charge in [0.1, 0.15) is 0 Å². The van der Waals surface area contributed by atoms with Crippen LogP contribution < -0.4 is 5.73 Å². The Balaban J connectivity index is 1.82. The van der Waals surface area contributed by atoms with Gasteiger partial charge in [0, 0.05) is 44.9 Å². The van der Waals surface area contributed by atoms with Gasteiger partial charge in [-0.3, -0.25) is 4.90 Å². The van der Waals surface area contributed by atoms with Gasteiger partial charge in [0.25, 0.3) is 0 Å². The fourth-order valence-electron chi connectivity index (χ4n) is 2.65. The lowest BCUT2D eigenvalue weighted by molar-refractivity contribution is -0.00461. The lowest BCUT2D eigenvalue weighted by atomic mass is 10.0. The number of nitrogens with zero attached hydrogens (tertiary/aromatic N) is 1.